The van der Waals surface area contributed by atoms with Crippen LogP contribution in [0.1, 0.15) is 20.3 Å². The Kier molecular flexibility index (Phi) is 6.49. The molecule has 3 N–H and O–H groups in total. The molecule has 13 heavy (non-hydrogen) atoms. The van der Waals surface area contributed by atoms with Crippen LogP contribution in [0.4, 0.5) is 0 Å². The number of aliphatic hydroxyl groups is 3. The second kappa shape index (κ2) is 6.83. The zero-order chi connectivity index (χ0) is 10.3. The van der Waals surface area contributed by atoms with Gasteiger partial charge < -0.3 is 15.3 Å². The van der Waals surface area contributed by atoms with Crippen molar-refractivity contribution in [3.8, 4) is 0 Å². The van der Waals surface area contributed by atoms with Crippen LogP contribution in [-0.4, -0.2) is 34.6 Å². The summed E-state index contributed by atoms with van der Waals surface area (Å²) in [6.45, 7) is 3.54. The molecule has 3 nitrogen and oxygen atoms in total. The Hall–Kier alpha value is -0.640. The van der Waals surface area contributed by atoms with Gasteiger partial charge in [0.05, 0.1) is 19.3 Å². The Bertz CT molecular complexity index is 194. The Morgan fingerprint density at radius 3 is 2.31 bits per heavy atom. The van der Waals surface area contributed by atoms with Gasteiger partial charge in [0.25, 0.3) is 0 Å². The summed E-state index contributed by atoms with van der Waals surface area (Å²) in [4.78, 5) is 0. The third kappa shape index (κ3) is 5.58. The van der Waals surface area contributed by atoms with Gasteiger partial charge in [-0.15, -0.1) is 0 Å². The van der Waals surface area contributed by atoms with E-state index in [0.29, 0.717) is 6.42 Å². The third-order valence-electron chi connectivity index (χ3n) is 1.88. The standard InChI is InChI=1S/C10H18O3/c1-8(7-12)3-4-10(13)9(2)5-6-11/h3,5,10-13H,4,6-7H2,1-2H3/b8-3+,9-5+/t10-/m0/s1. The summed E-state index contributed by atoms with van der Waals surface area (Å²) < 4.78 is 0. The smallest absolute Gasteiger partial charge is 0.0782 e. The Labute approximate surface area is 79.0 Å². The fourth-order valence-corrected chi connectivity index (χ4v) is 0.843. The first-order valence-electron chi connectivity index (χ1n) is 4.33. The summed E-state index contributed by atoms with van der Waals surface area (Å²) in [5.41, 5.74) is 1.60. The van der Waals surface area contributed by atoms with Crippen molar-refractivity contribution in [2.24, 2.45) is 0 Å². The number of hydrogen-bond acceptors (Lipinski definition) is 3. The first-order valence-corrected chi connectivity index (χ1v) is 4.33. The summed E-state index contributed by atoms with van der Waals surface area (Å²) in [5, 5.41) is 26.7. The molecule has 0 saturated carbocycles. The maximum Gasteiger partial charge on any atom is 0.0782 e. The molecule has 0 aromatic carbocycles. The van der Waals surface area contributed by atoms with Crippen LogP contribution in [0.25, 0.3) is 0 Å². The van der Waals surface area contributed by atoms with E-state index in [1.54, 1.807) is 26.0 Å². The molecule has 0 aliphatic carbocycles. The van der Waals surface area contributed by atoms with Crippen LogP contribution in [0.2, 0.25) is 0 Å². The normalized spacial score (nSPS) is 16.1. The quantitative estimate of drug-likeness (QED) is 0.551. The van der Waals surface area contributed by atoms with E-state index in [2.05, 4.69) is 0 Å². The molecule has 0 aromatic heterocycles. The second-order valence-electron chi connectivity index (χ2n) is 3.09. The lowest BCUT2D eigenvalue weighted by Gasteiger charge is -2.08. The van der Waals surface area contributed by atoms with E-state index < -0.39 is 6.10 Å². The van der Waals surface area contributed by atoms with Gasteiger partial charge in [0.15, 0.2) is 0 Å². The van der Waals surface area contributed by atoms with Gasteiger partial charge in [-0.05, 0) is 25.8 Å². The van der Waals surface area contributed by atoms with E-state index >= 15 is 0 Å². The number of aliphatic hydroxyl groups excluding tert-OH is 3. The van der Waals surface area contributed by atoms with Gasteiger partial charge >= 0.3 is 0 Å². The molecule has 0 heterocycles. The minimum atomic E-state index is -0.561. The minimum absolute atomic E-state index is 0.0233. The molecule has 0 spiro atoms. The average molecular weight is 186 g/mol. The van der Waals surface area contributed by atoms with Crippen molar-refractivity contribution in [2.45, 2.75) is 26.4 Å². The van der Waals surface area contributed by atoms with Gasteiger partial charge in [-0.25, -0.2) is 0 Å². The highest BCUT2D eigenvalue weighted by Crippen LogP contribution is 2.07. The third-order valence-corrected chi connectivity index (χ3v) is 1.88. The van der Waals surface area contributed by atoms with E-state index in [4.69, 9.17) is 10.2 Å². The molecule has 0 aliphatic rings. The van der Waals surface area contributed by atoms with Crippen LogP contribution in [0, 0.1) is 0 Å². The maximum absolute atomic E-state index is 9.49. The molecule has 0 unspecified atom stereocenters. The highest BCUT2D eigenvalue weighted by Gasteiger charge is 2.03. The van der Waals surface area contributed by atoms with Crippen LogP contribution in [0.15, 0.2) is 23.3 Å². The zero-order valence-electron chi connectivity index (χ0n) is 8.20. The van der Waals surface area contributed by atoms with E-state index in [1.165, 1.54) is 0 Å². The summed E-state index contributed by atoms with van der Waals surface area (Å²) in [7, 11) is 0. The molecule has 0 aliphatic heterocycles. The summed E-state index contributed by atoms with van der Waals surface area (Å²) in [5.74, 6) is 0. The van der Waals surface area contributed by atoms with Crippen molar-refractivity contribution < 1.29 is 15.3 Å². The lowest BCUT2D eigenvalue weighted by molar-refractivity contribution is 0.211. The monoisotopic (exact) mass is 186 g/mol. The second-order valence-corrected chi connectivity index (χ2v) is 3.09. The Morgan fingerprint density at radius 2 is 1.85 bits per heavy atom. The van der Waals surface area contributed by atoms with E-state index in [9.17, 15) is 5.11 Å². The SMILES string of the molecule is C/C(=C\C[C@H](O)/C(C)=C/CO)CO. The lowest BCUT2D eigenvalue weighted by atomic mass is 10.1. The first-order chi connectivity index (χ1) is 6.11. The molecule has 0 bridgehead atoms. The molecule has 0 aromatic rings. The van der Waals surface area contributed by atoms with Gasteiger partial charge in [-0.1, -0.05) is 17.7 Å². The highest BCUT2D eigenvalue weighted by molar-refractivity contribution is 5.08. The van der Waals surface area contributed by atoms with Crippen molar-refractivity contribution in [3.63, 3.8) is 0 Å². The van der Waals surface area contributed by atoms with Gasteiger partial charge in [0.2, 0.25) is 0 Å². The fraction of sp³-hybridized carbons (Fsp3) is 0.600. The molecular weight excluding hydrogens is 168 g/mol. The highest BCUT2D eigenvalue weighted by atomic mass is 16.3. The predicted octanol–water partition coefficient (Wildman–Crippen LogP) is 0.615. The van der Waals surface area contributed by atoms with Crippen molar-refractivity contribution in [1.82, 2.24) is 0 Å². The van der Waals surface area contributed by atoms with Crippen LogP contribution in [0.5, 0.6) is 0 Å². The minimum Gasteiger partial charge on any atom is -0.392 e. The predicted molar refractivity (Wildman–Crippen MR) is 52.3 cm³/mol. The molecule has 0 radical (unpaired) electrons. The largest absolute Gasteiger partial charge is 0.392 e. The molecule has 0 saturated heterocycles. The fourth-order valence-electron chi connectivity index (χ4n) is 0.843. The van der Waals surface area contributed by atoms with Crippen molar-refractivity contribution in [1.29, 1.82) is 0 Å². The average Bonchev–Trinajstić information content (AvgIpc) is 2.13. The molecule has 1 atom stereocenters. The number of hydrogen-bond donors (Lipinski definition) is 3. The summed E-state index contributed by atoms with van der Waals surface area (Å²) in [6, 6.07) is 0. The van der Waals surface area contributed by atoms with E-state index in [0.717, 1.165) is 11.1 Å². The number of rotatable bonds is 5. The topological polar surface area (TPSA) is 60.7 Å². The van der Waals surface area contributed by atoms with Gasteiger partial charge in [0, 0.05) is 0 Å². The maximum atomic E-state index is 9.49. The van der Waals surface area contributed by atoms with Crippen LogP contribution in [-0.2, 0) is 0 Å². The van der Waals surface area contributed by atoms with Crippen molar-refractivity contribution in [2.75, 3.05) is 13.2 Å². The van der Waals surface area contributed by atoms with Gasteiger partial charge in [-0.3, -0.25) is 0 Å². The Morgan fingerprint density at radius 1 is 1.23 bits per heavy atom. The molecule has 76 valence electrons. The van der Waals surface area contributed by atoms with Crippen LogP contribution in [0.3, 0.4) is 0 Å². The molecular formula is C10H18O3. The lowest BCUT2D eigenvalue weighted by Crippen LogP contribution is -2.07. The van der Waals surface area contributed by atoms with E-state index in [-0.39, 0.29) is 13.2 Å². The van der Waals surface area contributed by atoms with Gasteiger partial charge in [-0.2, -0.15) is 0 Å². The zero-order valence-corrected chi connectivity index (χ0v) is 8.20. The molecule has 3 heteroatoms. The summed E-state index contributed by atoms with van der Waals surface area (Å²) >= 11 is 0. The molecule has 0 rings (SSSR count). The van der Waals surface area contributed by atoms with Crippen molar-refractivity contribution in [3.05, 3.63) is 23.3 Å². The van der Waals surface area contributed by atoms with Crippen molar-refractivity contribution >= 4 is 0 Å². The van der Waals surface area contributed by atoms with Gasteiger partial charge in [0.1, 0.15) is 0 Å². The molecule has 0 amide bonds. The van der Waals surface area contributed by atoms with Crippen LogP contribution < -0.4 is 0 Å². The first kappa shape index (κ1) is 12.4. The molecule has 0 fully saturated rings. The van der Waals surface area contributed by atoms with E-state index in [1.807, 2.05) is 0 Å². The Balaban J connectivity index is 4.00. The summed E-state index contributed by atoms with van der Waals surface area (Å²) in [6.07, 6.45) is 3.29. The van der Waals surface area contributed by atoms with Crippen LogP contribution >= 0.6 is 0 Å².